The molecule has 2 heterocycles. The van der Waals surface area contributed by atoms with Gasteiger partial charge in [0.15, 0.2) is 12.1 Å². The van der Waals surface area contributed by atoms with Crippen molar-refractivity contribution >= 4 is 28.4 Å². The Hall–Kier alpha value is -2.57. The third-order valence-corrected chi connectivity index (χ3v) is 2.69. The Kier molecular flexibility index (Phi) is 2.41. The standard InChI is InChI=1S/C12H6F2N2O3/c13-10(14)11-15-7-6-3-1-2-5(4-17)8(6)19-9(7)12(18)16-11/h1-4,10H,(H,15,16,18). The number of rotatable bonds is 2. The van der Waals surface area contributed by atoms with Crippen molar-refractivity contribution in [2.75, 3.05) is 0 Å². The number of carbonyl (C=O) groups excluding carboxylic acids is 1. The van der Waals surface area contributed by atoms with Crippen LogP contribution >= 0.6 is 0 Å². The fourth-order valence-corrected chi connectivity index (χ4v) is 1.88. The van der Waals surface area contributed by atoms with E-state index >= 15 is 0 Å². The van der Waals surface area contributed by atoms with Crippen LogP contribution in [0.1, 0.15) is 22.6 Å². The second-order valence-electron chi connectivity index (χ2n) is 3.83. The molecule has 1 N–H and O–H groups in total. The molecule has 5 nitrogen and oxygen atoms in total. The number of furan rings is 1. The van der Waals surface area contributed by atoms with Crippen LogP contribution in [0.3, 0.4) is 0 Å². The Balaban J connectivity index is 2.47. The van der Waals surface area contributed by atoms with Crippen LogP contribution in [-0.2, 0) is 0 Å². The van der Waals surface area contributed by atoms with Gasteiger partial charge in [0.2, 0.25) is 5.58 Å². The molecule has 0 saturated carbocycles. The number of benzene rings is 1. The zero-order valence-electron chi connectivity index (χ0n) is 9.30. The Labute approximate surface area is 104 Å². The molecule has 0 atom stereocenters. The molecule has 7 heteroatoms. The van der Waals surface area contributed by atoms with Gasteiger partial charge in [0.05, 0.1) is 5.56 Å². The molecule has 0 spiro atoms. The van der Waals surface area contributed by atoms with Gasteiger partial charge in [-0.2, -0.15) is 4.98 Å². The maximum Gasteiger partial charge on any atom is 0.297 e. The highest BCUT2D eigenvalue weighted by Crippen LogP contribution is 2.34. The third kappa shape index (κ3) is 1.62. The summed E-state index contributed by atoms with van der Waals surface area (Å²) in [6.45, 7) is 0. The molecule has 96 valence electrons. The van der Waals surface area contributed by atoms with Crippen LogP contribution in [-0.4, -0.2) is 21.4 Å². The highest BCUT2D eigenvalue weighted by Gasteiger charge is 2.20. The van der Waals surface area contributed by atoms with Crippen molar-refractivity contribution in [2.24, 2.45) is 0 Å². The average Bonchev–Trinajstić information content (AvgIpc) is 2.78. The molecule has 2 aromatic heterocycles. The molecule has 1 aromatic carbocycles. The topological polar surface area (TPSA) is 76.2 Å². The average molecular weight is 264 g/mol. The second kappa shape index (κ2) is 3.98. The summed E-state index contributed by atoms with van der Waals surface area (Å²) in [4.78, 5) is 17.8. The molecular weight excluding hydrogens is 258 g/mol. The van der Waals surface area contributed by atoms with Gasteiger partial charge in [-0.15, -0.1) is 0 Å². The van der Waals surface area contributed by atoms with Gasteiger partial charge in [-0.05, 0) is 12.1 Å². The smallest absolute Gasteiger partial charge is 0.297 e. The number of aldehydes is 1. The molecule has 19 heavy (non-hydrogen) atoms. The number of alkyl halides is 2. The van der Waals surface area contributed by atoms with E-state index < -0.39 is 18.1 Å². The summed E-state index contributed by atoms with van der Waals surface area (Å²) in [5.74, 6) is -1.46. The van der Waals surface area contributed by atoms with Gasteiger partial charge in [0.25, 0.3) is 12.3 Å². The number of aromatic nitrogens is 2. The highest BCUT2D eigenvalue weighted by molar-refractivity contribution is 6.08. The number of hydrogen-bond acceptors (Lipinski definition) is 5. The lowest BCUT2D eigenvalue weighted by molar-refractivity contribution is 0.112. The van der Waals surface area contributed by atoms with Crippen molar-refractivity contribution in [3.05, 3.63) is 29.6 Å². The van der Waals surface area contributed by atoms with E-state index in [0.717, 1.165) is 0 Å². The molecule has 3 aromatic rings. The molecule has 3 rings (SSSR count). The van der Waals surface area contributed by atoms with Crippen LogP contribution in [0.5, 0.6) is 5.88 Å². The molecule has 0 amide bonds. The fraction of sp³-hybridized carbons (Fsp3) is 0.0833. The quantitative estimate of drug-likeness (QED) is 0.720. The van der Waals surface area contributed by atoms with Crippen molar-refractivity contribution in [1.82, 2.24) is 9.97 Å². The summed E-state index contributed by atoms with van der Waals surface area (Å²) in [5.41, 5.74) is 0.368. The van der Waals surface area contributed by atoms with Crippen LogP contribution in [0.25, 0.3) is 22.1 Å². The van der Waals surface area contributed by atoms with E-state index in [0.29, 0.717) is 11.7 Å². The number of nitrogens with zero attached hydrogens (tertiary/aromatic N) is 2. The lowest BCUT2D eigenvalue weighted by atomic mass is 10.1. The van der Waals surface area contributed by atoms with E-state index in [2.05, 4.69) is 9.97 Å². The van der Waals surface area contributed by atoms with Crippen LogP contribution in [0.4, 0.5) is 8.78 Å². The Bertz CT molecular complexity index is 798. The summed E-state index contributed by atoms with van der Waals surface area (Å²) in [6, 6.07) is 4.65. The number of para-hydroxylation sites is 1. The van der Waals surface area contributed by atoms with Crippen LogP contribution < -0.4 is 0 Å². The fourth-order valence-electron chi connectivity index (χ4n) is 1.88. The molecule has 0 aliphatic carbocycles. The number of carbonyl (C=O) groups is 1. The lowest BCUT2D eigenvalue weighted by Crippen LogP contribution is -1.94. The van der Waals surface area contributed by atoms with Crippen molar-refractivity contribution in [2.45, 2.75) is 6.43 Å². The lowest BCUT2D eigenvalue weighted by Gasteiger charge is -1.98. The van der Waals surface area contributed by atoms with Gasteiger partial charge in [-0.1, -0.05) is 6.07 Å². The van der Waals surface area contributed by atoms with Gasteiger partial charge in [0.1, 0.15) is 11.1 Å². The van der Waals surface area contributed by atoms with Crippen molar-refractivity contribution < 1.29 is 23.1 Å². The molecule has 0 aliphatic heterocycles. The number of aromatic hydroxyl groups is 1. The normalized spacial score (nSPS) is 11.5. The van der Waals surface area contributed by atoms with E-state index in [4.69, 9.17) is 4.42 Å². The van der Waals surface area contributed by atoms with Crippen molar-refractivity contribution in [1.29, 1.82) is 0 Å². The van der Waals surface area contributed by atoms with Crippen LogP contribution in [0.2, 0.25) is 0 Å². The summed E-state index contributed by atoms with van der Waals surface area (Å²) in [7, 11) is 0. The molecule has 0 fully saturated rings. The third-order valence-electron chi connectivity index (χ3n) is 2.69. The van der Waals surface area contributed by atoms with Crippen LogP contribution in [0, 0.1) is 0 Å². The SMILES string of the molecule is O=Cc1cccc2c1oc1c(O)nc(C(F)F)nc12. The first kappa shape index (κ1) is 11.5. The second-order valence-corrected chi connectivity index (χ2v) is 3.83. The maximum atomic E-state index is 12.6. The molecule has 0 unspecified atom stereocenters. The first-order chi connectivity index (χ1) is 9.11. The number of halogens is 2. The predicted molar refractivity (Wildman–Crippen MR) is 61.3 cm³/mol. The molecule has 0 saturated heterocycles. The van der Waals surface area contributed by atoms with E-state index in [9.17, 15) is 18.7 Å². The highest BCUT2D eigenvalue weighted by atomic mass is 19.3. The van der Waals surface area contributed by atoms with Gasteiger partial charge in [0, 0.05) is 5.39 Å². The zero-order chi connectivity index (χ0) is 13.6. The van der Waals surface area contributed by atoms with E-state index in [1.165, 1.54) is 6.07 Å². The first-order valence-electron chi connectivity index (χ1n) is 5.27. The van der Waals surface area contributed by atoms with Crippen molar-refractivity contribution in [3.8, 4) is 5.88 Å². The van der Waals surface area contributed by atoms with Gasteiger partial charge in [-0.25, -0.2) is 13.8 Å². The maximum absolute atomic E-state index is 12.6. The predicted octanol–water partition coefficient (Wildman–Crippen LogP) is 2.83. The largest absolute Gasteiger partial charge is 0.491 e. The van der Waals surface area contributed by atoms with Gasteiger partial charge >= 0.3 is 0 Å². The molecule has 0 radical (unpaired) electrons. The summed E-state index contributed by atoms with van der Waals surface area (Å²) in [5, 5.41) is 9.97. The summed E-state index contributed by atoms with van der Waals surface area (Å²) < 4.78 is 30.5. The minimum Gasteiger partial charge on any atom is -0.491 e. The summed E-state index contributed by atoms with van der Waals surface area (Å²) >= 11 is 0. The number of hydrogen-bond donors (Lipinski definition) is 1. The Morgan fingerprint density at radius 3 is 2.74 bits per heavy atom. The van der Waals surface area contributed by atoms with Crippen LogP contribution in [0.15, 0.2) is 22.6 Å². The first-order valence-corrected chi connectivity index (χ1v) is 5.27. The Morgan fingerprint density at radius 1 is 1.26 bits per heavy atom. The van der Waals surface area contributed by atoms with E-state index in [-0.39, 0.29) is 22.2 Å². The van der Waals surface area contributed by atoms with E-state index in [1.807, 2.05) is 0 Å². The zero-order valence-corrected chi connectivity index (χ0v) is 9.30. The minimum atomic E-state index is -2.91. The van der Waals surface area contributed by atoms with Gasteiger partial charge < -0.3 is 9.52 Å². The monoisotopic (exact) mass is 264 g/mol. The summed E-state index contributed by atoms with van der Waals surface area (Å²) in [6.07, 6.45) is -2.34. The minimum absolute atomic E-state index is 0.0569. The number of fused-ring (bicyclic) bond motifs is 3. The van der Waals surface area contributed by atoms with E-state index in [1.54, 1.807) is 12.1 Å². The Morgan fingerprint density at radius 2 is 2.05 bits per heavy atom. The van der Waals surface area contributed by atoms with Crippen molar-refractivity contribution in [3.63, 3.8) is 0 Å². The molecular formula is C12H6F2N2O3. The molecule has 0 bridgehead atoms. The van der Waals surface area contributed by atoms with Gasteiger partial charge in [-0.3, -0.25) is 4.79 Å². The molecule has 0 aliphatic rings.